The molecular weight excluding hydrogens is 240 g/mol. The Kier molecular flexibility index (Phi) is 3.52. The van der Waals surface area contributed by atoms with Crippen molar-refractivity contribution in [2.45, 2.75) is 19.8 Å². The Morgan fingerprint density at radius 2 is 2.35 bits per heavy atom. The Morgan fingerprint density at radius 3 is 3.12 bits per heavy atom. The number of azide groups is 1. The minimum Gasteiger partial charge on any atom is -0.459 e. The maximum absolute atomic E-state index is 8.20. The van der Waals surface area contributed by atoms with Crippen LogP contribution in [0, 0.1) is 6.92 Å². The lowest BCUT2D eigenvalue weighted by atomic mass is 10.1. The number of nitrogens with zero attached hydrogens (tertiary/aromatic N) is 4. The predicted molar refractivity (Wildman–Crippen MR) is 66.1 cm³/mol. The van der Waals surface area contributed by atoms with Gasteiger partial charge in [-0.05, 0) is 37.4 Å². The molecule has 0 amide bonds. The van der Waals surface area contributed by atoms with Crippen LogP contribution in [0.15, 0.2) is 21.7 Å². The molecule has 0 aliphatic rings. The van der Waals surface area contributed by atoms with E-state index in [2.05, 4.69) is 15.0 Å². The Bertz CT molecular complexity index is 586. The van der Waals surface area contributed by atoms with Gasteiger partial charge in [-0.2, -0.15) is 0 Å². The number of hydrogen-bond donors (Lipinski definition) is 0. The van der Waals surface area contributed by atoms with Crippen LogP contribution in [0.25, 0.3) is 21.5 Å². The Hall–Kier alpha value is -1.71. The normalized spacial score (nSPS) is 10.5. The summed E-state index contributed by atoms with van der Waals surface area (Å²) in [6.07, 6.45) is 1.54. The zero-order valence-corrected chi connectivity index (χ0v) is 10.1. The molecule has 0 aromatic carbocycles. The summed E-state index contributed by atoms with van der Waals surface area (Å²) in [7, 11) is 0. The topological polar surface area (TPSA) is 74.8 Å². The maximum Gasteiger partial charge on any atom is 0.153 e. The summed E-state index contributed by atoms with van der Waals surface area (Å²) in [4.78, 5) is 6.98. The Labute approximate surface area is 103 Å². The molecule has 17 heavy (non-hydrogen) atoms. The van der Waals surface area contributed by atoms with Crippen LogP contribution in [-0.4, -0.2) is 11.5 Å². The third-order valence-corrected chi connectivity index (χ3v) is 2.76. The fraction of sp³-hybridized carbons (Fsp3) is 0.364. The minimum atomic E-state index is 0.453. The number of fused-ring (bicyclic) bond motifs is 1. The summed E-state index contributed by atoms with van der Waals surface area (Å²) in [5.74, 6) is 0.843. The number of aromatic nitrogens is 1. The minimum absolute atomic E-state index is 0.453. The first-order valence-corrected chi connectivity index (χ1v) is 5.65. The molecule has 0 spiro atoms. The van der Waals surface area contributed by atoms with Gasteiger partial charge in [0.1, 0.15) is 16.4 Å². The fourth-order valence-electron chi connectivity index (χ4n) is 1.78. The van der Waals surface area contributed by atoms with E-state index in [0.29, 0.717) is 11.7 Å². The van der Waals surface area contributed by atoms with Crippen molar-refractivity contribution < 1.29 is 4.42 Å². The molecule has 0 radical (unpaired) electrons. The van der Waals surface area contributed by atoms with Gasteiger partial charge in [0.05, 0.1) is 0 Å². The lowest BCUT2D eigenvalue weighted by Crippen LogP contribution is -1.90. The van der Waals surface area contributed by atoms with Crippen molar-refractivity contribution in [3.8, 4) is 0 Å². The van der Waals surface area contributed by atoms with Crippen LogP contribution in [0.1, 0.15) is 17.7 Å². The molecule has 88 valence electrons. The molecule has 0 unspecified atom stereocenters. The second-order valence-electron chi connectivity index (χ2n) is 3.68. The van der Waals surface area contributed by atoms with Gasteiger partial charge in [-0.1, -0.05) is 16.7 Å². The lowest BCUT2D eigenvalue weighted by molar-refractivity contribution is 0.570. The highest BCUT2D eigenvalue weighted by Gasteiger charge is 2.12. The van der Waals surface area contributed by atoms with E-state index < -0.39 is 0 Å². The third-order valence-electron chi connectivity index (χ3n) is 2.55. The molecule has 0 saturated heterocycles. The molecule has 2 heterocycles. The van der Waals surface area contributed by atoms with Gasteiger partial charge in [-0.15, -0.1) is 0 Å². The van der Waals surface area contributed by atoms with E-state index in [9.17, 15) is 0 Å². The van der Waals surface area contributed by atoms with Gasteiger partial charge in [-0.3, -0.25) is 0 Å². The third kappa shape index (κ3) is 2.52. The van der Waals surface area contributed by atoms with Crippen LogP contribution < -0.4 is 0 Å². The average Bonchev–Trinajstić information content (AvgIpc) is 2.61. The van der Waals surface area contributed by atoms with Gasteiger partial charge < -0.3 is 4.42 Å². The highest BCUT2D eigenvalue weighted by atomic mass is 35.5. The maximum atomic E-state index is 8.20. The van der Waals surface area contributed by atoms with Crippen molar-refractivity contribution in [1.29, 1.82) is 0 Å². The van der Waals surface area contributed by atoms with Crippen LogP contribution in [0.2, 0.25) is 5.15 Å². The SMILES string of the molecule is Cc1oc2ccc(Cl)nc2c1CCCN=[N+]=[N-]. The summed E-state index contributed by atoms with van der Waals surface area (Å²) >= 11 is 5.86. The van der Waals surface area contributed by atoms with E-state index in [1.165, 1.54) is 0 Å². The first kappa shape index (κ1) is 11.8. The van der Waals surface area contributed by atoms with Gasteiger partial charge in [-0.25, -0.2) is 4.98 Å². The highest BCUT2D eigenvalue weighted by molar-refractivity contribution is 6.29. The van der Waals surface area contributed by atoms with Crippen molar-refractivity contribution in [2.24, 2.45) is 5.11 Å². The predicted octanol–water partition coefficient (Wildman–Crippen LogP) is 4.03. The van der Waals surface area contributed by atoms with Gasteiger partial charge in [0.15, 0.2) is 5.58 Å². The van der Waals surface area contributed by atoms with Crippen LogP contribution in [0.3, 0.4) is 0 Å². The zero-order valence-electron chi connectivity index (χ0n) is 9.35. The molecule has 2 aromatic rings. The fourth-order valence-corrected chi connectivity index (χ4v) is 1.93. The van der Waals surface area contributed by atoms with Crippen molar-refractivity contribution in [2.75, 3.05) is 6.54 Å². The average molecular weight is 251 g/mol. The molecule has 0 atom stereocenters. The molecule has 0 aliphatic carbocycles. The number of aryl methyl sites for hydroxylation is 2. The molecule has 5 nitrogen and oxygen atoms in total. The molecule has 0 fully saturated rings. The zero-order chi connectivity index (χ0) is 12.3. The lowest BCUT2D eigenvalue weighted by Gasteiger charge is -1.97. The van der Waals surface area contributed by atoms with Gasteiger partial charge in [0.2, 0.25) is 0 Å². The second-order valence-corrected chi connectivity index (χ2v) is 4.06. The summed E-state index contributed by atoms with van der Waals surface area (Å²) in [5.41, 5.74) is 10.8. The summed E-state index contributed by atoms with van der Waals surface area (Å²) in [6, 6.07) is 3.52. The smallest absolute Gasteiger partial charge is 0.153 e. The van der Waals surface area contributed by atoms with Crippen molar-refractivity contribution >= 4 is 22.7 Å². The van der Waals surface area contributed by atoms with E-state index in [-0.39, 0.29) is 0 Å². The molecule has 0 aliphatic heterocycles. The molecule has 0 saturated carbocycles. The van der Waals surface area contributed by atoms with Crippen LogP contribution in [0.4, 0.5) is 0 Å². The number of rotatable bonds is 4. The highest BCUT2D eigenvalue weighted by Crippen LogP contribution is 2.26. The first-order chi connectivity index (χ1) is 8.22. The number of furan rings is 1. The monoisotopic (exact) mass is 250 g/mol. The van der Waals surface area contributed by atoms with Crippen molar-refractivity contribution in [1.82, 2.24) is 4.98 Å². The molecule has 6 heteroatoms. The van der Waals surface area contributed by atoms with Crippen molar-refractivity contribution in [3.63, 3.8) is 0 Å². The molecule has 0 N–H and O–H groups in total. The van der Waals surface area contributed by atoms with Gasteiger partial charge in [0, 0.05) is 17.0 Å². The van der Waals surface area contributed by atoms with E-state index >= 15 is 0 Å². The van der Waals surface area contributed by atoms with Gasteiger partial charge >= 0.3 is 0 Å². The van der Waals surface area contributed by atoms with Crippen LogP contribution in [-0.2, 0) is 6.42 Å². The quantitative estimate of drug-likeness (QED) is 0.270. The number of hydrogen-bond acceptors (Lipinski definition) is 3. The van der Waals surface area contributed by atoms with E-state index in [0.717, 1.165) is 35.3 Å². The first-order valence-electron chi connectivity index (χ1n) is 5.27. The summed E-state index contributed by atoms with van der Waals surface area (Å²) in [5, 5.41) is 3.96. The molecule has 2 rings (SSSR count). The summed E-state index contributed by atoms with van der Waals surface area (Å²) in [6.45, 7) is 2.38. The van der Waals surface area contributed by atoms with Crippen molar-refractivity contribution in [3.05, 3.63) is 39.1 Å². The molecular formula is C11H11ClN4O. The second kappa shape index (κ2) is 5.08. The van der Waals surface area contributed by atoms with E-state index in [1.54, 1.807) is 6.07 Å². The van der Waals surface area contributed by atoms with E-state index in [4.69, 9.17) is 21.5 Å². The van der Waals surface area contributed by atoms with Crippen LogP contribution >= 0.6 is 11.6 Å². The Balaban J connectivity index is 2.28. The number of halogens is 1. The largest absolute Gasteiger partial charge is 0.459 e. The Morgan fingerprint density at radius 1 is 1.53 bits per heavy atom. The number of pyridine rings is 1. The summed E-state index contributed by atoms with van der Waals surface area (Å²) < 4.78 is 5.59. The standard InChI is InChI=1S/C11H11ClN4O/c1-7-8(3-2-6-14-16-13)11-9(17-7)4-5-10(12)15-11/h4-5H,2-3,6H2,1H3. The van der Waals surface area contributed by atoms with Crippen LogP contribution in [0.5, 0.6) is 0 Å². The molecule has 0 bridgehead atoms. The van der Waals surface area contributed by atoms with E-state index in [1.807, 2.05) is 13.0 Å². The van der Waals surface area contributed by atoms with Gasteiger partial charge in [0.25, 0.3) is 0 Å². The molecule has 2 aromatic heterocycles.